The monoisotopic (exact) mass is 354 g/mol. The number of ether oxygens (including phenoxy) is 1. The lowest BCUT2D eigenvalue weighted by Crippen LogP contribution is -2.32. The van der Waals surface area contributed by atoms with Crippen molar-refractivity contribution in [2.75, 3.05) is 19.7 Å². The molecule has 1 saturated heterocycles. The zero-order valence-corrected chi connectivity index (χ0v) is 15.4. The predicted octanol–water partition coefficient (Wildman–Crippen LogP) is 2.40. The molecule has 0 bridgehead atoms. The molecule has 1 aromatic carbocycles. The lowest BCUT2D eigenvalue weighted by molar-refractivity contribution is 0.0939. The van der Waals surface area contributed by atoms with Crippen molar-refractivity contribution >= 4 is 15.9 Å². The summed E-state index contributed by atoms with van der Waals surface area (Å²) in [7, 11) is -3.65. The van der Waals surface area contributed by atoms with Gasteiger partial charge in [0.05, 0.1) is 6.61 Å². The smallest absolute Gasteiger partial charge is 0.251 e. The van der Waals surface area contributed by atoms with Crippen LogP contribution >= 0.6 is 0 Å². The van der Waals surface area contributed by atoms with E-state index in [0.29, 0.717) is 31.0 Å². The highest BCUT2D eigenvalue weighted by molar-refractivity contribution is 7.89. The molecule has 0 unspecified atom stereocenters. The maximum atomic E-state index is 12.9. The Balaban J connectivity index is 2.39. The van der Waals surface area contributed by atoms with Gasteiger partial charge in [0.15, 0.2) is 0 Å². The SMILES string of the molecule is CCOc1ccc(C(=O)N[C@H](C)CC)cc1S(=O)(=O)N1CCCC1. The van der Waals surface area contributed by atoms with Gasteiger partial charge in [-0.05, 0) is 51.3 Å². The number of rotatable bonds is 7. The number of nitrogens with one attached hydrogen (secondary N) is 1. The van der Waals surface area contributed by atoms with Crippen molar-refractivity contribution in [2.24, 2.45) is 0 Å². The third-order valence-electron chi connectivity index (χ3n) is 4.18. The Bertz CT molecular complexity index is 682. The summed E-state index contributed by atoms with van der Waals surface area (Å²) in [5, 5.41) is 2.86. The van der Waals surface area contributed by atoms with Crippen LogP contribution in [0.5, 0.6) is 5.75 Å². The van der Waals surface area contributed by atoms with Gasteiger partial charge in [-0.2, -0.15) is 4.31 Å². The van der Waals surface area contributed by atoms with Crippen LogP contribution in [0.15, 0.2) is 23.1 Å². The Hall–Kier alpha value is -1.60. The fourth-order valence-corrected chi connectivity index (χ4v) is 4.28. The first-order valence-electron chi connectivity index (χ1n) is 8.48. The fourth-order valence-electron chi connectivity index (χ4n) is 2.60. The Morgan fingerprint density at radius 1 is 1.29 bits per heavy atom. The molecule has 1 aromatic rings. The largest absolute Gasteiger partial charge is 0.492 e. The fraction of sp³-hybridized carbons (Fsp3) is 0.588. The highest BCUT2D eigenvalue weighted by Crippen LogP contribution is 2.30. The molecule has 2 rings (SSSR count). The van der Waals surface area contributed by atoms with Gasteiger partial charge in [-0.3, -0.25) is 4.79 Å². The minimum atomic E-state index is -3.65. The van der Waals surface area contributed by atoms with Crippen molar-refractivity contribution in [3.63, 3.8) is 0 Å². The molecule has 1 heterocycles. The van der Waals surface area contributed by atoms with Gasteiger partial charge in [-0.25, -0.2) is 8.42 Å². The summed E-state index contributed by atoms with van der Waals surface area (Å²) in [4.78, 5) is 12.4. The van der Waals surface area contributed by atoms with Crippen molar-refractivity contribution in [3.05, 3.63) is 23.8 Å². The van der Waals surface area contributed by atoms with Gasteiger partial charge < -0.3 is 10.1 Å². The Kier molecular flexibility index (Phi) is 6.23. The van der Waals surface area contributed by atoms with Crippen LogP contribution in [-0.4, -0.2) is 44.4 Å². The van der Waals surface area contributed by atoms with E-state index in [0.717, 1.165) is 19.3 Å². The number of carbonyl (C=O) groups is 1. The molecular formula is C17H26N2O4S. The van der Waals surface area contributed by atoms with Crippen molar-refractivity contribution in [1.82, 2.24) is 9.62 Å². The Labute approximate surface area is 144 Å². The molecular weight excluding hydrogens is 328 g/mol. The highest BCUT2D eigenvalue weighted by Gasteiger charge is 2.30. The number of nitrogens with zero attached hydrogens (tertiary/aromatic N) is 1. The van der Waals surface area contributed by atoms with Crippen LogP contribution in [0.1, 0.15) is 50.4 Å². The normalized spacial score (nSPS) is 16.8. The van der Waals surface area contributed by atoms with E-state index >= 15 is 0 Å². The van der Waals surface area contributed by atoms with Crippen LogP contribution in [0.4, 0.5) is 0 Å². The predicted molar refractivity (Wildman–Crippen MR) is 92.8 cm³/mol. The van der Waals surface area contributed by atoms with E-state index in [1.165, 1.54) is 10.4 Å². The molecule has 7 heteroatoms. The molecule has 0 spiro atoms. The average molecular weight is 354 g/mol. The molecule has 1 atom stereocenters. The Morgan fingerprint density at radius 3 is 2.54 bits per heavy atom. The second-order valence-electron chi connectivity index (χ2n) is 5.99. The number of hydrogen-bond acceptors (Lipinski definition) is 4. The maximum Gasteiger partial charge on any atom is 0.251 e. The van der Waals surface area contributed by atoms with E-state index in [2.05, 4.69) is 5.32 Å². The molecule has 24 heavy (non-hydrogen) atoms. The maximum absolute atomic E-state index is 12.9. The second-order valence-corrected chi connectivity index (χ2v) is 7.89. The van der Waals surface area contributed by atoms with Crippen LogP contribution in [-0.2, 0) is 10.0 Å². The van der Waals surface area contributed by atoms with Gasteiger partial charge in [0.2, 0.25) is 10.0 Å². The van der Waals surface area contributed by atoms with Crippen molar-refractivity contribution in [2.45, 2.75) is 51.0 Å². The van der Waals surface area contributed by atoms with Gasteiger partial charge >= 0.3 is 0 Å². The molecule has 0 radical (unpaired) electrons. The van der Waals surface area contributed by atoms with Crippen LogP contribution in [0.3, 0.4) is 0 Å². The molecule has 1 N–H and O–H groups in total. The summed E-state index contributed by atoms with van der Waals surface area (Å²) in [6.07, 6.45) is 2.52. The van der Waals surface area contributed by atoms with Crippen LogP contribution < -0.4 is 10.1 Å². The first kappa shape index (κ1) is 18.7. The summed E-state index contributed by atoms with van der Waals surface area (Å²) in [6.45, 7) is 7.08. The molecule has 0 saturated carbocycles. The number of sulfonamides is 1. The lowest BCUT2D eigenvalue weighted by Gasteiger charge is -2.19. The topological polar surface area (TPSA) is 75.7 Å². The molecule has 6 nitrogen and oxygen atoms in total. The highest BCUT2D eigenvalue weighted by atomic mass is 32.2. The molecule has 1 amide bonds. The molecule has 0 aliphatic carbocycles. The molecule has 1 aliphatic rings. The van der Waals surface area contributed by atoms with Crippen molar-refractivity contribution < 1.29 is 17.9 Å². The molecule has 1 aliphatic heterocycles. The first-order valence-corrected chi connectivity index (χ1v) is 9.92. The number of carbonyl (C=O) groups excluding carboxylic acids is 1. The molecule has 134 valence electrons. The summed E-state index contributed by atoms with van der Waals surface area (Å²) >= 11 is 0. The van der Waals surface area contributed by atoms with E-state index in [4.69, 9.17) is 4.74 Å². The summed E-state index contributed by atoms with van der Waals surface area (Å²) in [5.74, 6) is 0.0229. The van der Waals surface area contributed by atoms with Crippen LogP contribution in [0, 0.1) is 0 Å². The van der Waals surface area contributed by atoms with E-state index in [-0.39, 0.29) is 16.8 Å². The minimum absolute atomic E-state index is 0.0303. The van der Waals surface area contributed by atoms with Crippen molar-refractivity contribution in [3.8, 4) is 5.75 Å². The first-order chi connectivity index (χ1) is 11.4. The van der Waals surface area contributed by atoms with Crippen molar-refractivity contribution in [1.29, 1.82) is 0 Å². The quantitative estimate of drug-likeness (QED) is 0.816. The summed E-state index contributed by atoms with van der Waals surface area (Å²) < 4.78 is 32.7. The van der Waals surface area contributed by atoms with Gasteiger partial charge in [-0.15, -0.1) is 0 Å². The van der Waals surface area contributed by atoms with Crippen LogP contribution in [0.25, 0.3) is 0 Å². The average Bonchev–Trinajstić information content (AvgIpc) is 3.10. The zero-order chi connectivity index (χ0) is 17.7. The third-order valence-corrected chi connectivity index (χ3v) is 6.10. The second kappa shape index (κ2) is 7.98. The zero-order valence-electron chi connectivity index (χ0n) is 14.5. The number of benzene rings is 1. The van der Waals surface area contributed by atoms with E-state index < -0.39 is 10.0 Å². The minimum Gasteiger partial charge on any atom is -0.492 e. The standard InChI is InChI=1S/C17H26N2O4S/c1-4-13(3)18-17(20)14-8-9-15(23-5-2)16(12-14)24(21,22)19-10-6-7-11-19/h8-9,12-13H,4-7,10-11H2,1-3H3,(H,18,20)/t13-/m1/s1. The van der Waals surface area contributed by atoms with E-state index in [9.17, 15) is 13.2 Å². The van der Waals surface area contributed by atoms with E-state index in [1.807, 2.05) is 13.8 Å². The lowest BCUT2D eigenvalue weighted by atomic mass is 10.2. The Morgan fingerprint density at radius 2 is 1.96 bits per heavy atom. The van der Waals surface area contributed by atoms with Crippen LogP contribution in [0.2, 0.25) is 0 Å². The third kappa shape index (κ3) is 4.08. The van der Waals surface area contributed by atoms with E-state index in [1.54, 1.807) is 19.1 Å². The molecule has 0 aromatic heterocycles. The number of amides is 1. The number of hydrogen-bond donors (Lipinski definition) is 1. The van der Waals surface area contributed by atoms with Gasteiger partial charge in [0.25, 0.3) is 5.91 Å². The van der Waals surface area contributed by atoms with Gasteiger partial charge in [0, 0.05) is 24.7 Å². The van der Waals surface area contributed by atoms with Gasteiger partial charge in [0.1, 0.15) is 10.6 Å². The molecule has 1 fully saturated rings. The van der Waals surface area contributed by atoms with Gasteiger partial charge in [-0.1, -0.05) is 6.92 Å². The summed E-state index contributed by atoms with van der Waals surface area (Å²) in [5.41, 5.74) is 0.330. The summed E-state index contributed by atoms with van der Waals surface area (Å²) in [6, 6.07) is 4.63.